The molecule has 0 amide bonds. The van der Waals surface area contributed by atoms with Crippen molar-refractivity contribution in [1.82, 2.24) is 0 Å². The summed E-state index contributed by atoms with van der Waals surface area (Å²) < 4.78 is 11.3. The Labute approximate surface area is 202 Å². The third-order valence-electron chi connectivity index (χ3n) is 7.57. The molecule has 0 bridgehead atoms. The minimum Gasteiger partial charge on any atom is -0.461 e. The van der Waals surface area contributed by atoms with Crippen LogP contribution in [-0.2, 0) is 23.9 Å². The Morgan fingerprint density at radius 1 is 1.03 bits per heavy atom. The lowest BCUT2D eigenvalue weighted by Crippen LogP contribution is -2.52. The maximum Gasteiger partial charge on any atom is 0.311 e. The average Bonchev–Trinajstić information content (AvgIpc) is 2.75. The number of hydrogen-bond acceptors (Lipinski definition) is 9. The molecular weight excluding hydrogens is 444 g/mol. The van der Waals surface area contributed by atoms with E-state index in [-0.39, 0.29) is 6.42 Å². The fourth-order valence-electron chi connectivity index (χ4n) is 5.06. The van der Waals surface area contributed by atoms with E-state index in [1.807, 2.05) is 0 Å². The predicted molar refractivity (Wildman–Crippen MR) is 124 cm³/mol. The molecule has 198 valence electrons. The molecule has 1 heterocycles. The molecule has 34 heavy (non-hydrogen) atoms. The van der Waals surface area contributed by atoms with Gasteiger partial charge in [-0.15, -0.1) is 0 Å². The molecule has 1 fully saturated rings. The highest BCUT2D eigenvalue weighted by Gasteiger charge is 2.47. The van der Waals surface area contributed by atoms with Crippen LogP contribution in [0.4, 0.5) is 0 Å². The molecule has 0 aromatic heterocycles. The van der Waals surface area contributed by atoms with E-state index in [1.165, 1.54) is 34.6 Å². The zero-order chi connectivity index (χ0) is 26.7. The summed E-state index contributed by atoms with van der Waals surface area (Å²) in [6, 6.07) is 0. The van der Waals surface area contributed by atoms with E-state index in [1.54, 1.807) is 27.7 Å². The van der Waals surface area contributed by atoms with Gasteiger partial charge in [-0.3, -0.25) is 14.4 Å². The maximum absolute atomic E-state index is 13.4. The minimum atomic E-state index is -1.85. The quantitative estimate of drug-likeness (QED) is 0.433. The fourth-order valence-corrected chi connectivity index (χ4v) is 5.06. The summed E-state index contributed by atoms with van der Waals surface area (Å²) >= 11 is 0. The molecule has 1 aliphatic heterocycles. The maximum atomic E-state index is 13.4. The Hall–Kier alpha value is -1.55. The van der Waals surface area contributed by atoms with Crippen LogP contribution >= 0.6 is 0 Å². The van der Waals surface area contributed by atoms with E-state index in [9.17, 15) is 34.8 Å². The van der Waals surface area contributed by atoms with Crippen LogP contribution in [0.15, 0.2) is 0 Å². The van der Waals surface area contributed by atoms with Gasteiger partial charge in [-0.25, -0.2) is 0 Å². The molecule has 0 radical (unpaired) electrons. The smallest absolute Gasteiger partial charge is 0.311 e. The highest BCUT2D eigenvalue weighted by molar-refractivity contribution is 5.89. The molecule has 0 aromatic carbocycles. The highest BCUT2D eigenvalue weighted by Crippen LogP contribution is 2.35. The molecule has 9 heteroatoms. The number of aliphatic hydroxyl groups is 4. The van der Waals surface area contributed by atoms with E-state index in [0.717, 1.165) is 0 Å². The number of ether oxygens (including phenoxy) is 2. The second-order valence-corrected chi connectivity index (χ2v) is 10.7. The van der Waals surface area contributed by atoms with Crippen molar-refractivity contribution >= 4 is 17.7 Å². The van der Waals surface area contributed by atoms with E-state index in [2.05, 4.69) is 0 Å². The van der Waals surface area contributed by atoms with Crippen molar-refractivity contribution in [2.45, 2.75) is 105 Å². The molecule has 0 unspecified atom stereocenters. The molecule has 4 N–H and O–H groups in total. The predicted octanol–water partition coefficient (Wildman–Crippen LogP) is 1.47. The fraction of sp³-hybridized carbons (Fsp3) is 0.880. The first-order valence-corrected chi connectivity index (χ1v) is 12.1. The monoisotopic (exact) mass is 488 g/mol. The van der Waals surface area contributed by atoms with Crippen molar-refractivity contribution in [3.8, 4) is 0 Å². The Kier molecular flexibility index (Phi) is 10.7. The van der Waals surface area contributed by atoms with Gasteiger partial charge in [0.1, 0.15) is 17.8 Å². The summed E-state index contributed by atoms with van der Waals surface area (Å²) in [5.74, 6) is -6.58. The second kappa shape index (κ2) is 11.9. The third kappa shape index (κ3) is 6.99. The number of aliphatic hydroxyl groups excluding tert-OH is 3. The van der Waals surface area contributed by atoms with Crippen LogP contribution in [0.5, 0.6) is 0 Å². The van der Waals surface area contributed by atoms with Gasteiger partial charge < -0.3 is 29.9 Å². The first-order valence-electron chi connectivity index (χ1n) is 12.1. The molecule has 0 spiro atoms. The van der Waals surface area contributed by atoms with E-state index >= 15 is 0 Å². The molecule has 0 aliphatic carbocycles. The number of esters is 2. The molecule has 9 nitrogen and oxygen atoms in total. The van der Waals surface area contributed by atoms with Crippen LogP contribution in [0.3, 0.4) is 0 Å². The summed E-state index contributed by atoms with van der Waals surface area (Å²) in [4.78, 5) is 38.3. The van der Waals surface area contributed by atoms with Gasteiger partial charge in [0.05, 0.1) is 30.1 Å². The molecule has 1 aliphatic rings. The normalized spacial score (nSPS) is 42.8. The van der Waals surface area contributed by atoms with Crippen molar-refractivity contribution in [3.05, 3.63) is 0 Å². The Morgan fingerprint density at radius 2 is 1.56 bits per heavy atom. The minimum absolute atomic E-state index is 0.0953. The van der Waals surface area contributed by atoms with Gasteiger partial charge in [0.25, 0.3) is 0 Å². The van der Waals surface area contributed by atoms with Crippen LogP contribution < -0.4 is 0 Å². The second-order valence-electron chi connectivity index (χ2n) is 10.7. The van der Waals surface area contributed by atoms with Crippen LogP contribution in [0.25, 0.3) is 0 Å². The first kappa shape index (κ1) is 30.5. The van der Waals surface area contributed by atoms with Crippen LogP contribution in [0.1, 0.15) is 68.7 Å². The lowest BCUT2D eigenvalue weighted by Gasteiger charge is -2.40. The van der Waals surface area contributed by atoms with Gasteiger partial charge in [0.15, 0.2) is 5.78 Å². The molecule has 0 aromatic rings. The van der Waals surface area contributed by atoms with Gasteiger partial charge >= 0.3 is 11.9 Å². The van der Waals surface area contributed by atoms with Crippen molar-refractivity contribution in [2.24, 2.45) is 35.5 Å². The van der Waals surface area contributed by atoms with Crippen LogP contribution in [0.2, 0.25) is 0 Å². The van der Waals surface area contributed by atoms with Crippen molar-refractivity contribution < 1.29 is 44.3 Å². The van der Waals surface area contributed by atoms with Gasteiger partial charge in [-0.1, -0.05) is 34.6 Å². The zero-order valence-electron chi connectivity index (χ0n) is 21.9. The molecule has 1 rings (SSSR count). The SMILES string of the molecule is CC(=O)O[C@H]1[C@@H](C)[C@@H]([C@@H](C)[C@H](C)O)OC(=O)[C@H](C)[C@@H](O)[C@H](C)[C@@H](O)[C@@H](C)C[C@](C)(O)C(=O)[C@@H]1C. The first-order chi connectivity index (χ1) is 15.4. The summed E-state index contributed by atoms with van der Waals surface area (Å²) in [6.45, 7) is 13.7. The topological polar surface area (TPSA) is 151 Å². The molecular formula is C25H44O9. The number of ketones is 1. The third-order valence-corrected chi connectivity index (χ3v) is 7.57. The summed E-state index contributed by atoms with van der Waals surface area (Å²) in [7, 11) is 0. The number of rotatable bonds is 3. The summed E-state index contributed by atoms with van der Waals surface area (Å²) in [5.41, 5.74) is -1.85. The number of cyclic esters (lactones) is 1. The van der Waals surface area contributed by atoms with Crippen molar-refractivity contribution in [2.75, 3.05) is 0 Å². The van der Waals surface area contributed by atoms with Gasteiger partial charge in [-0.2, -0.15) is 0 Å². The largest absolute Gasteiger partial charge is 0.461 e. The number of carbonyl (C=O) groups excluding carboxylic acids is 3. The van der Waals surface area contributed by atoms with Crippen molar-refractivity contribution in [1.29, 1.82) is 0 Å². The molecule has 12 atom stereocenters. The van der Waals surface area contributed by atoms with Gasteiger partial charge in [-0.05, 0) is 33.1 Å². The lowest BCUT2D eigenvalue weighted by molar-refractivity contribution is -0.179. The lowest BCUT2D eigenvalue weighted by atomic mass is 9.74. The Bertz CT molecular complexity index is 719. The zero-order valence-corrected chi connectivity index (χ0v) is 21.9. The summed E-state index contributed by atoms with van der Waals surface area (Å²) in [5, 5.41) is 42.9. The number of Topliss-reactive ketones (excluding diaryl/α,β-unsaturated/α-hetero) is 1. The van der Waals surface area contributed by atoms with E-state index in [4.69, 9.17) is 9.47 Å². The Morgan fingerprint density at radius 3 is 2.03 bits per heavy atom. The van der Waals surface area contributed by atoms with E-state index in [0.29, 0.717) is 0 Å². The van der Waals surface area contributed by atoms with Gasteiger partial charge in [0.2, 0.25) is 0 Å². The highest BCUT2D eigenvalue weighted by atomic mass is 16.6. The van der Waals surface area contributed by atoms with Gasteiger partial charge in [0, 0.05) is 24.7 Å². The molecule has 0 saturated carbocycles. The average molecular weight is 489 g/mol. The number of hydrogen-bond donors (Lipinski definition) is 4. The van der Waals surface area contributed by atoms with Crippen molar-refractivity contribution in [3.63, 3.8) is 0 Å². The molecule has 1 saturated heterocycles. The van der Waals surface area contributed by atoms with Crippen LogP contribution in [-0.4, -0.2) is 74.3 Å². The van der Waals surface area contributed by atoms with Crippen LogP contribution in [0, 0.1) is 35.5 Å². The number of carbonyl (C=O) groups is 3. The Balaban J connectivity index is 3.63. The summed E-state index contributed by atoms with van der Waals surface area (Å²) in [6.07, 6.45) is -5.38. The van der Waals surface area contributed by atoms with E-state index < -0.39 is 89.4 Å². The standard InChI is InChI=1S/C25H44O9/c1-11-10-25(9,32)23(30)16(6)22(33-18(8)27)15(5)21(12(2)17(7)26)34-24(31)14(4)20(29)13(3)19(11)28/h11-17,19-22,26,28-29,32H,10H2,1-9H3/t11-,12-,13+,14+,15-,16+,17-,19-,20-,21+,22-,25-/m0/s1.